The first-order chi connectivity index (χ1) is 9.42. The Morgan fingerprint density at radius 1 is 1.40 bits per heavy atom. The van der Waals surface area contributed by atoms with E-state index in [0.717, 1.165) is 17.7 Å². The van der Waals surface area contributed by atoms with Gasteiger partial charge in [-0.15, -0.1) is 0 Å². The number of amides is 1. The van der Waals surface area contributed by atoms with Crippen LogP contribution < -0.4 is 10.1 Å². The van der Waals surface area contributed by atoms with E-state index in [-0.39, 0.29) is 12.5 Å². The maximum absolute atomic E-state index is 11.8. The van der Waals surface area contributed by atoms with Crippen LogP contribution in [0.3, 0.4) is 0 Å². The van der Waals surface area contributed by atoms with Crippen LogP contribution in [0.25, 0.3) is 0 Å². The summed E-state index contributed by atoms with van der Waals surface area (Å²) in [6.07, 6.45) is 1.46. The fourth-order valence-electron chi connectivity index (χ4n) is 1.67. The molecule has 0 radical (unpaired) electrons. The molecule has 1 aromatic rings. The Bertz CT molecular complexity index is 485. The number of aliphatic carboxylic acids is 1. The number of carbonyl (C=O) groups is 2. The van der Waals surface area contributed by atoms with Crippen molar-refractivity contribution in [1.29, 1.82) is 0 Å². The van der Waals surface area contributed by atoms with Crippen LogP contribution in [-0.2, 0) is 9.59 Å². The van der Waals surface area contributed by atoms with Crippen LogP contribution in [0.5, 0.6) is 5.75 Å². The van der Waals surface area contributed by atoms with Gasteiger partial charge in [0.05, 0.1) is 0 Å². The molecule has 0 aliphatic rings. The standard InChI is InChI=1S/C15H21NO4/c1-4-10(2)7-14(17)16-13-6-5-12(8-11(13)3)20-9-15(18)19/h5-6,8,10H,4,7,9H2,1-3H3,(H,16,17)(H,18,19). The molecule has 0 aliphatic heterocycles. The topological polar surface area (TPSA) is 75.6 Å². The molecular formula is C15H21NO4. The van der Waals surface area contributed by atoms with Gasteiger partial charge in [-0.05, 0) is 36.6 Å². The van der Waals surface area contributed by atoms with E-state index in [1.54, 1.807) is 18.2 Å². The van der Waals surface area contributed by atoms with E-state index in [4.69, 9.17) is 9.84 Å². The van der Waals surface area contributed by atoms with Crippen molar-refractivity contribution in [3.05, 3.63) is 23.8 Å². The van der Waals surface area contributed by atoms with Gasteiger partial charge in [0, 0.05) is 12.1 Å². The van der Waals surface area contributed by atoms with Crippen LogP contribution in [0.1, 0.15) is 32.3 Å². The van der Waals surface area contributed by atoms with Crippen molar-refractivity contribution in [3.8, 4) is 5.75 Å². The monoisotopic (exact) mass is 279 g/mol. The Balaban J connectivity index is 2.63. The number of hydrogen-bond donors (Lipinski definition) is 2. The summed E-state index contributed by atoms with van der Waals surface area (Å²) in [6.45, 7) is 5.55. The van der Waals surface area contributed by atoms with Gasteiger partial charge >= 0.3 is 5.97 Å². The Labute approximate surface area is 118 Å². The quantitative estimate of drug-likeness (QED) is 0.804. The molecule has 1 amide bonds. The lowest BCUT2D eigenvalue weighted by atomic mass is 10.0. The first kappa shape index (κ1) is 16.0. The van der Waals surface area contributed by atoms with Crippen molar-refractivity contribution in [2.45, 2.75) is 33.6 Å². The molecule has 0 saturated heterocycles. The Morgan fingerprint density at radius 3 is 2.65 bits per heavy atom. The number of nitrogens with one attached hydrogen (secondary N) is 1. The molecular weight excluding hydrogens is 258 g/mol. The third-order valence-corrected chi connectivity index (χ3v) is 3.07. The van der Waals surface area contributed by atoms with Crippen LogP contribution in [0, 0.1) is 12.8 Å². The average molecular weight is 279 g/mol. The largest absolute Gasteiger partial charge is 0.482 e. The number of rotatable bonds is 7. The molecule has 1 aromatic carbocycles. The number of carboxylic acid groups (broad SMARTS) is 1. The molecule has 0 spiro atoms. The van der Waals surface area contributed by atoms with Crippen molar-refractivity contribution >= 4 is 17.6 Å². The van der Waals surface area contributed by atoms with Crippen LogP contribution in [0.4, 0.5) is 5.69 Å². The van der Waals surface area contributed by atoms with E-state index in [0.29, 0.717) is 18.1 Å². The minimum atomic E-state index is -1.02. The molecule has 0 aliphatic carbocycles. The fraction of sp³-hybridized carbons (Fsp3) is 0.467. The summed E-state index contributed by atoms with van der Waals surface area (Å²) in [6, 6.07) is 5.08. The highest BCUT2D eigenvalue weighted by Gasteiger charge is 2.09. The zero-order valence-electron chi connectivity index (χ0n) is 12.1. The molecule has 2 N–H and O–H groups in total. The van der Waals surface area contributed by atoms with Gasteiger partial charge in [0.25, 0.3) is 0 Å². The van der Waals surface area contributed by atoms with Crippen LogP contribution in [0.15, 0.2) is 18.2 Å². The first-order valence-electron chi connectivity index (χ1n) is 6.67. The summed E-state index contributed by atoms with van der Waals surface area (Å²) in [5.41, 5.74) is 1.56. The SMILES string of the molecule is CCC(C)CC(=O)Nc1ccc(OCC(=O)O)cc1C. The predicted octanol–water partition coefficient (Wildman–Crippen LogP) is 2.83. The van der Waals surface area contributed by atoms with Crippen molar-refractivity contribution in [2.24, 2.45) is 5.92 Å². The average Bonchev–Trinajstić information content (AvgIpc) is 2.38. The zero-order chi connectivity index (χ0) is 15.1. The highest BCUT2D eigenvalue weighted by Crippen LogP contribution is 2.22. The normalized spacial score (nSPS) is 11.8. The van der Waals surface area contributed by atoms with Crippen LogP contribution >= 0.6 is 0 Å². The number of carboxylic acids is 1. The number of anilines is 1. The minimum Gasteiger partial charge on any atom is -0.482 e. The Kier molecular flexibility index (Phi) is 6.03. The van der Waals surface area contributed by atoms with Crippen molar-refractivity contribution < 1.29 is 19.4 Å². The lowest BCUT2D eigenvalue weighted by molar-refractivity contribution is -0.139. The van der Waals surface area contributed by atoms with Gasteiger partial charge in [0.2, 0.25) is 5.91 Å². The zero-order valence-corrected chi connectivity index (χ0v) is 12.1. The molecule has 0 aromatic heterocycles. The fourth-order valence-corrected chi connectivity index (χ4v) is 1.67. The van der Waals surface area contributed by atoms with Gasteiger partial charge in [0.15, 0.2) is 6.61 Å². The molecule has 20 heavy (non-hydrogen) atoms. The Hall–Kier alpha value is -2.04. The van der Waals surface area contributed by atoms with Gasteiger partial charge < -0.3 is 15.2 Å². The number of aryl methyl sites for hydroxylation is 1. The minimum absolute atomic E-state index is 0.0124. The van der Waals surface area contributed by atoms with E-state index >= 15 is 0 Å². The summed E-state index contributed by atoms with van der Waals surface area (Å²) in [5.74, 6) is -0.200. The van der Waals surface area contributed by atoms with Gasteiger partial charge in [-0.2, -0.15) is 0 Å². The molecule has 5 heteroatoms. The van der Waals surface area contributed by atoms with Crippen molar-refractivity contribution in [2.75, 3.05) is 11.9 Å². The third kappa shape index (κ3) is 5.30. The summed E-state index contributed by atoms with van der Waals surface area (Å²) >= 11 is 0. The molecule has 0 saturated carbocycles. The maximum atomic E-state index is 11.8. The van der Waals surface area contributed by atoms with Crippen LogP contribution in [-0.4, -0.2) is 23.6 Å². The molecule has 0 fully saturated rings. The van der Waals surface area contributed by atoms with Crippen molar-refractivity contribution in [1.82, 2.24) is 0 Å². The van der Waals surface area contributed by atoms with Crippen LogP contribution in [0.2, 0.25) is 0 Å². The predicted molar refractivity (Wildman–Crippen MR) is 77.0 cm³/mol. The van der Waals surface area contributed by atoms with Gasteiger partial charge in [-0.3, -0.25) is 4.79 Å². The van der Waals surface area contributed by atoms with E-state index in [1.165, 1.54) is 0 Å². The van der Waals surface area contributed by atoms with Gasteiger partial charge in [-0.25, -0.2) is 4.79 Å². The number of carbonyl (C=O) groups excluding carboxylic acids is 1. The highest BCUT2D eigenvalue weighted by molar-refractivity contribution is 5.91. The highest BCUT2D eigenvalue weighted by atomic mass is 16.5. The van der Waals surface area contributed by atoms with E-state index in [9.17, 15) is 9.59 Å². The van der Waals surface area contributed by atoms with E-state index in [1.807, 2.05) is 13.8 Å². The second kappa shape index (κ2) is 7.53. The third-order valence-electron chi connectivity index (χ3n) is 3.07. The molecule has 1 unspecified atom stereocenters. The smallest absolute Gasteiger partial charge is 0.341 e. The first-order valence-corrected chi connectivity index (χ1v) is 6.67. The Morgan fingerprint density at radius 2 is 2.10 bits per heavy atom. The summed E-state index contributed by atoms with van der Waals surface area (Å²) in [4.78, 5) is 22.2. The van der Waals surface area contributed by atoms with Gasteiger partial charge in [-0.1, -0.05) is 20.3 Å². The molecule has 1 atom stereocenters. The number of benzene rings is 1. The second-order valence-electron chi connectivity index (χ2n) is 4.92. The second-order valence-corrected chi connectivity index (χ2v) is 4.92. The van der Waals surface area contributed by atoms with Gasteiger partial charge in [0.1, 0.15) is 5.75 Å². The summed E-state index contributed by atoms with van der Waals surface area (Å²) < 4.78 is 5.08. The van der Waals surface area contributed by atoms with E-state index < -0.39 is 5.97 Å². The molecule has 0 heterocycles. The molecule has 0 bridgehead atoms. The lowest BCUT2D eigenvalue weighted by Crippen LogP contribution is -2.15. The van der Waals surface area contributed by atoms with Crippen molar-refractivity contribution in [3.63, 3.8) is 0 Å². The molecule has 5 nitrogen and oxygen atoms in total. The summed E-state index contributed by atoms with van der Waals surface area (Å²) in [7, 11) is 0. The lowest BCUT2D eigenvalue weighted by Gasteiger charge is -2.12. The summed E-state index contributed by atoms with van der Waals surface area (Å²) in [5, 5.41) is 11.4. The maximum Gasteiger partial charge on any atom is 0.341 e. The number of ether oxygens (including phenoxy) is 1. The number of hydrogen-bond acceptors (Lipinski definition) is 3. The molecule has 110 valence electrons. The molecule has 1 rings (SSSR count). The van der Waals surface area contributed by atoms with E-state index in [2.05, 4.69) is 12.2 Å².